The van der Waals surface area contributed by atoms with Gasteiger partial charge in [-0.05, 0) is 62.1 Å². The van der Waals surface area contributed by atoms with E-state index in [-0.39, 0.29) is 28.0 Å². The Hall–Kier alpha value is -4.27. The van der Waals surface area contributed by atoms with Crippen LogP contribution in [-0.4, -0.2) is 30.9 Å². The Morgan fingerprint density at radius 2 is 1.68 bits per heavy atom. The van der Waals surface area contributed by atoms with Crippen LogP contribution < -0.4 is 16.0 Å². The summed E-state index contributed by atoms with van der Waals surface area (Å²) in [4.78, 5) is 25.8. The van der Waals surface area contributed by atoms with Crippen molar-refractivity contribution in [2.24, 2.45) is 5.92 Å². The fourth-order valence-electron chi connectivity index (χ4n) is 4.99. The van der Waals surface area contributed by atoms with E-state index in [0.29, 0.717) is 46.3 Å². The van der Waals surface area contributed by atoms with Crippen molar-refractivity contribution < 1.29 is 27.2 Å². The minimum Gasteiger partial charge on any atom is -0.455 e. The summed E-state index contributed by atoms with van der Waals surface area (Å²) in [6.07, 6.45) is 1.77. The second-order valence-electron chi connectivity index (χ2n) is 9.84. The van der Waals surface area contributed by atoms with Gasteiger partial charge in [-0.2, -0.15) is 0 Å². The number of hydrogen-bond acceptors (Lipinski definition) is 4. The van der Waals surface area contributed by atoms with Crippen molar-refractivity contribution in [1.29, 1.82) is 0 Å². The first kappa shape index (κ1) is 24.1. The number of fused-ring (bicyclic) bond motifs is 2. The number of hydrogen-bond donors (Lipinski definition) is 3. The van der Waals surface area contributed by atoms with E-state index in [1.165, 1.54) is 37.4 Å². The third-order valence-electron chi connectivity index (χ3n) is 7.39. The molecule has 0 aliphatic heterocycles. The zero-order valence-electron chi connectivity index (χ0n) is 20.7. The van der Waals surface area contributed by atoms with E-state index in [0.717, 1.165) is 12.8 Å². The number of rotatable bonds is 7. The lowest BCUT2D eigenvalue weighted by molar-refractivity contribution is 0.0935. The van der Waals surface area contributed by atoms with Crippen LogP contribution in [0.15, 0.2) is 52.9 Å². The van der Waals surface area contributed by atoms with Gasteiger partial charge >= 0.3 is 0 Å². The van der Waals surface area contributed by atoms with Crippen molar-refractivity contribution in [1.82, 2.24) is 10.6 Å². The molecule has 4 aromatic rings. The van der Waals surface area contributed by atoms with Crippen LogP contribution in [0.5, 0.6) is 0 Å². The fourth-order valence-corrected chi connectivity index (χ4v) is 4.99. The van der Waals surface area contributed by atoms with Gasteiger partial charge < -0.3 is 20.4 Å². The quantitative estimate of drug-likeness (QED) is 0.285. The topological polar surface area (TPSA) is 83.4 Å². The van der Waals surface area contributed by atoms with E-state index in [2.05, 4.69) is 16.0 Å². The summed E-state index contributed by atoms with van der Waals surface area (Å²) in [6.45, 7) is 2.34. The van der Waals surface area contributed by atoms with Crippen LogP contribution in [0.1, 0.15) is 40.5 Å². The number of halogens is 3. The van der Waals surface area contributed by atoms with Crippen LogP contribution in [0.2, 0.25) is 0 Å². The molecular formula is C29H24F3N3O3. The van der Waals surface area contributed by atoms with Gasteiger partial charge in [0.2, 0.25) is 0 Å². The molecule has 38 heavy (non-hydrogen) atoms. The van der Waals surface area contributed by atoms with E-state index < -0.39 is 29.3 Å². The molecule has 3 aromatic carbocycles. The number of anilines is 1. The molecule has 1 aromatic heterocycles. The van der Waals surface area contributed by atoms with E-state index in [1.807, 2.05) is 6.92 Å². The van der Waals surface area contributed by atoms with Crippen molar-refractivity contribution in [3.05, 3.63) is 77.1 Å². The summed E-state index contributed by atoms with van der Waals surface area (Å²) in [5, 5.41) is 9.01. The first-order valence-corrected chi connectivity index (χ1v) is 12.4. The van der Waals surface area contributed by atoms with E-state index >= 15 is 4.39 Å². The number of amides is 2. The molecule has 0 radical (unpaired) electrons. The molecule has 3 N–H and O–H groups in total. The molecule has 2 aliphatic carbocycles. The predicted octanol–water partition coefficient (Wildman–Crippen LogP) is 5.87. The van der Waals surface area contributed by atoms with Crippen molar-refractivity contribution in [2.45, 2.75) is 25.3 Å². The number of carbonyl (C=O) groups is 2. The van der Waals surface area contributed by atoms with Crippen molar-refractivity contribution in [3.8, 4) is 22.5 Å². The average molecular weight is 520 g/mol. The van der Waals surface area contributed by atoms with E-state index in [1.54, 1.807) is 12.1 Å². The summed E-state index contributed by atoms with van der Waals surface area (Å²) >= 11 is 0. The van der Waals surface area contributed by atoms with Gasteiger partial charge in [0.25, 0.3) is 11.8 Å². The lowest BCUT2D eigenvalue weighted by Crippen LogP contribution is -2.31. The van der Waals surface area contributed by atoms with Gasteiger partial charge in [-0.1, -0.05) is 0 Å². The molecule has 0 saturated heterocycles. The molecule has 2 amide bonds. The standard InChI is InChI=1S/C29H24F3N3O3/c1-3-34-23-11-24-20(25(28(37)33-2)26(38-24)14-4-6-16(30)7-5-14)9-18(23)17-8-19(22(32)10-21(17)31)27(36)35-29-12-15(29)13-29/h4-11,15,34H,3,12-13H2,1-2H3,(H,33,37)(H,35,36). The van der Waals surface area contributed by atoms with Crippen LogP contribution >= 0.6 is 0 Å². The van der Waals surface area contributed by atoms with Gasteiger partial charge in [-0.3, -0.25) is 9.59 Å². The molecular weight excluding hydrogens is 495 g/mol. The highest BCUT2D eigenvalue weighted by molar-refractivity contribution is 6.13. The molecule has 0 bridgehead atoms. The molecule has 9 heteroatoms. The Morgan fingerprint density at radius 1 is 0.974 bits per heavy atom. The summed E-state index contributed by atoms with van der Waals surface area (Å²) in [5.41, 5.74) is 1.35. The first-order chi connectivity index (χ1) is 18.2. The molecule has 6 rings (SSSR count). The second kappa shape index (κ2) is 8.65. The monoisotopic (exact) mass is 519 g/mol. The van der Waals surface area contributed by atoms with Gasteiger partial charge in [0.1, 0.15) is 28.8 Å². The molecule has 194 valence electrons. The second-order valence-corrected chi connectivity index (χ2v) is 9.84. The van der Waals surface area contributed by atoms with E-state index in [4.69, 9.17) is 4.42 Å². The van der Waals surface area contributed by atoms with Crippen LogP contribution in [0, 0.1) is 23.4 Å². The third kappa shape index (κ3) is 3.89. The Bertz CT molecular complexity index is 1620. The third-order valence-corrected chi connectivity index (χ3v) is 7.39. The molecule has 2 saturated carbocycles. The lowest BCUT2D eigenvalue weighted by atomic mass is 9.96. The number of carbonyl (C=O) groups excluding carboxylic acids is 2. The molecule has 0 atom stereocenters. The van der Waals surface area contributed by atoms with Crippen molar-refractivity contribution >= 4 is 28.5 Å². The highest BCUT2D eigenvalue weighted by atomic mass is 19.1. The van der Waals surface area contributed by atoms with Crippen LogP contribution in [0.25, 0.3) is 33.4 Å². The maximum atomic E-state index is 15.3. The SMILES string of the molecule is CCNc1cc2oc(-c3ccc(F)cc3)c(C(=O)NC)c2cc1-c1cc(C(=O)NC23CC2C3)c(F)cc1F. The molecule has 2 fully saturated rings. The first-order valence-electron chi connectivity index (χ1n) is 12.4. The fraction of sp³-hybridized carbons (Fsp3) is 0.241. The summed E-state index contributed by atoms with van der Waals surface area (Å²) in [7, 11) is 1.47. The molecule has 0 spiro atoms. The van der Waals surface area contributed by atoms with Gasteiger partial charge in [0, 0.05) is 59.0 Å². The lowest BCUT2D eigenvalue weighted by Gasteiger charge is -2.15. The van der Waals surface area contributed by atoms with E-state index in [9.17, 15) is 18.4 Å². The molecule has 0 unspecified atom stereocenters. The summed E-state index contributed by atoms with van der Waals surface area (Å²) < 4.78 is 49.6. The predicted molar refractivity (Wildman–Crippen MR) is 137 cm³/mol. The smallest absolute Gasteiger partial charge is 0.255 e. The van der Waals surface area contributed by atoms with Gasteiger partial charge in [0.15, 0.2) is 0 Å². The normalized spacial score (nSPS) is 19.1. The Labute approximate surface area is 216 Å². The van der Waals surface area contributed by atoms with Crippen molar-refractivity contribution in [3.63, 3.8) is 0 Å². The Balaban J connectivity index is 1.53. The molecule has 1 heterocycles. The Morgan fingerprint density at radius 3 is 2.32 bits per heavy atom. The summed E-state index contributed by atoms with van der Waals surface area (Å²) in [5.74, 6) is -2.59. The number of furan rings is 1. The minimum absolute atomic E-state index is 0.00225. The van der Waals surface area contributed by atoms with Crippen LogP contribution in [0.4, 0.5) is 18.9 Å². The number of benzene rings is 3. The van der Waals surface area contributed by atoms with Crippen molar-refractivity contribution in [2.75, 3.05) is 18.9 Å². The van der Waals surface area contributed by atoms with Crippen LogP contribution in [0.3, 0.4) is 0 Å². The highest BCUT2D eigenvalue weighted by Gasteiger charge is 2.70. The Kier molecular flexibility index (Phi) is 5.48. The van der Waals surface area contributed by atoms with Gasteiger partial charge in [0.05, 0.1) is 11.1 Å². The zero-order chi connectivity index (χ0) is 26.8. The number of nitrogens with one attached hydrogen (secondary N) is 3. The summed E-state index contributed by atoms with van der Waals surface area (Å²) in [6, 6.07) is 10.7. The van der Waals surface area contributed by atoms with Gasteiger partial charge in [-0.25, -0.2) is 13.2 Å². The maximum absolute atomic E-state index is 15.3. The molecule has 2 aliphatic rings. The molecule has 6 nitrogen and oxygen atoms in total. The largest absolute Gasteiger partial charge is 0.455 e. The average Bonchev–Trinajstić information content (AvgIpc) is 3.71. The highest BCUT2D eigenvalue weighted by Crippen LogP contribution is 2.66. The zero-order valence-corrected chi connectivity index (χ0v) is 20.7. The van der Waals surface area contributed by atoms with Gasteiger partial charge in [-0.15, -0.1) is 0 Å². The minimum atomic E-state index is -0.947. The maximum Gasteiger partial charge on any atom is 0.255 e. The van der Waals surface area contributed by atoms with Crippen LogP contribution in [-0.2, 0) is 0 Å².